The standard InChI is InChI=1S/C20H19ClN2O4S2/c21-18-6-2-1-5-17(18)20-22-14(12-28-20)10-19(24)23(11-16-4-3-8-27-16)15-7-9-29(25,26)13-15/h1-6,8,12,15H,7,9-11,13H2/t15-/m1/s1. The molecule has 3 heterocycles. The predicted molar refractivity (Wildman–Crippen MR) is 113 cm³/mol. The summed E-state index contributed by atoms with van der Waals surface area (Å²) in [5.74, 6) is 0.547. The van der Waals surface area contributed by atoms with Gasteiger partial charge in [0.2, 0.25) is 5.91 Å². The van der Waals surface area contributed by atoms with Crippen LogP contribution in [0.5, 0.6) is 0 Å². The lowest BCUT2D eigenvalue weighted by Gasteiger charge is -2.27. The van der Waals surface area contributed by atoms with Crippen molar-refractivity contribution in [3.8, 4) is 10.6 Å². The third kappa shape index (κ3) is 4.71. The molecule has 152 valence electrons. The van der Waals surface area contributed by atoms with Crippen LogP contribution in [0.3, 0.4) is 0 Å². The summed E-state index contributed by atoms with van der Waals surface area (Å²) in [6.45, 7) is 0.244. The molecule has 1 aliphatic heterocycles. The van der Waals surface area contributed by atoms with Crippen molar-refractivity contribution in [3.05, 3.63) is 64.5 Å². The zero-order valence-electron chi connectivity index (χ0n) is 15.5. The van der Waals surface area contributed by atoms with Crippen molar-refractivity contribution in [1.82, 2.24) is 9.88 Å². The van der Waals surface area contributed by atoms with Gasteiger partial charge in [-0.25, -0.2) is 13.4 Å². The number of hydrogen-bond donors (Lipinski definition) is 0. The number of nitrogens with zero attached hydrogens (tertiary/aromatic N) is 2. The Balaban J connectivity index is 1.53. The molecule has 4 rings (SSSR count). The third-order valence-electron chi connectivity index (χ3n) is 4.86. The summed E-state index contributed by atoms with van der Waals surface area (Å²) in [7, 11) is -3.12. The van der Waals surface area contributed by atoms with E-state index in [9.17, 15) is 13.2 Å². The largest absolute Gasteiger partial charge is 0.467 e. The van der Waals surface area contributed by atoms with E-state index in [0.29, 0.717) is 22.9 Å². The summed E-state index contributed by atoms with van der Waals surface area (Å²) in [6, 6.07) is 10.6. The Morgan fingerprint density at radius 1 is 1.28 bits per heavy atom. The number of carbonyl (C=O) groups excluding carboxylic acids is 1. The number of furan rings is 1. The van der Waals surface area contributed by atoms with Crippen LogP contribution in [-0.2, 0) is 27.6 Å². The van der Waals surface area contributed by atoms with Crippen molar-refractivity contribution in [3.63, 3.8) is 0 Å². The highest BCUT2D eigenvalue weighted by Gasteiger charge is 2.35. The molecule has 1 saturated heterocycles. The maximum Gasteiger partial charge on any atom is 0.229 e. The molecule has 0 saturated carbocycles. The molecule has 1 fully saturated rings. The first-order valence-corrected chi connectivity index (χ1v) is 12.2. The predicted octanol–water partition coefficient (Wildman–Crippen LogP) is 3.81. The Kier molecular flexibility index (Phi) is 5.76. The van der Waals surface area contributed by atoms with Gasteiger partial charge in [-0.15, -0.1) is 11.3 Å². The molecule has 29 heavy (non-hydrogen) atoms. The molecule has 0 radical (unpaired) electrons. The van der Waals surface area contributed by atoms with E-state index in [1.54, 1.807) is 29.4 Å². The second-order valence-electron chi connectivity index (χ2n) is 6.96. The summed E-state index contributed by atoms with van der Waals surface area (Å²) < 4.78 is 29.3. The van der Waals surface area contributed by atoms with Crippen LogP contribution in [0.25, 0.3) is 10.6 Å². The molecule has 1 aromatic carbocycles. The Morgan fingerprint density at radius 3 is 2.79 bits per heavy atom. The molecule has 9 heteroatoms. The van der Waals surface area contributed by atoms with Gasteiger partial charge in [-0.1, -0.05) is 29.8 Å². The normalized spacial score (nSPS) is 18.0. The lowest BCUT2D eigenvalue weighted by molar-refractivity contribution is -0.133. The molecule has 1 atom stereocenters. The van der Waals surface area contributed by atoms with E-state index < -0.39 is 9.84 Å². The zero-order valence-corrected chi connectivity index (χ0v) is 17.8. The minimum Gasteiger partial charge on any atom is -0.467 e. The summed E-state index contributed by atoms with van der Waals surface area (Å²) in [5.41, 5.74) is 1.47. The first kappa shape index (κ1) is 20.1. The van der Waals surface area contributed by atoms with Crippen LogP contribution in [0.1, 0.15) is 17.9 Å². The molecule has 1 aliphatic rings. The van der Waals surface area contributed by atoms with Crippen LogP contribution >= 0.6 is 22.9 Å². The van der Waals surface area contributed by atoms with Crippen LogP contribution in [-0.4, -0.2) is 41.8 Å². The molecule has 2 aromatic heterocycles. The molecule has 6 nitrogen and oxygen atoms in total. The highest BCUT2D eigenvalue weighted by Crippen LogP contribution is 2.30. The fourth-order valence-corrected chi connectivity index (χ4v) is 6.29. The lowest BCUT2D eigenvalue weighted by atomic mass is 10.2. The van der Waals surface area contributed by atoms with Gasteiger partial charge in [0.25, 0.3) is 0 Å². The maximum atomic E-state index is 13.1. The first-order valence-electron chi connectivity index (χ1n) is 9.13. The van der Waals surface area contributed by atoms with Gasteiger partial charge in [0, 0.05) is 17.0 Å². The topological polar surface area (TPSA) is 80.5 Å². The van der Waals surface area contributed by atoms with Gasteiger partial charge in [-0.05, 0) is 24.6 Å². The second-order valence-corrected chi connectivity index (χ2v) is 10.5. The number of halogens is 1. The van der Waals surface area contributed by atoms with Gasteiger partial charge in [-0.3, -0.25) is 4.79 Å². The Morgan fingerprint density at radius 2 is 2.10 bits per heavy atom. The summed E-state index contributed by atoms with van der Waals surface area (Å²) in [5, 5.41) is 3.20. The highest BCUT2D eigenvalue weighted by atomic mass is 35.5. The van der Waals surface area contributed by atoms with E-state index in [4.69, 9.17) is 16.0 Å². The monoisotopic (exact) mass is 450 g/mol. The number of rotatable bonds is 6. The Bertz CT molecular complexity index is 1110. The fourth-order valence-electron chi connectivity index (χ4n) is 3.42. The van der Waals surface area contributed by atoms with Crippen LogP contribution in [0.4, 0.5) is 0 Å². The minimum absolute atomic E-state index is 0.0125. The second kappa shape index (κ2) is 8.30. The molecule has 0 N–H and O–H groups in total. The summed E-state index contributed by atoms with van der Waals surface area (Å²) in [6.07, 6.45) is 2.08. The average molecular weight is 451 g/mol. The van der Waals surface area contributed by atoms with Crippen LogP contribution < -0.4 is 0 Å². The number of amides is 1. The molecule has 0 unspecified atom stereocenters. The molecular weight excluding hydrogens is 432 g/mol. The van der Waals surface area contributed by atoms with Crippen LogP contribution in [0.2, 0.25) is 5.02 Å². The number of benzene rings is 1. The third-order valence-corrected chi connectivity index (χ3v) is 7.87. The first-order chi connectivity index (χ1) is 13.9. The Hall–Kier alpha value is -2.16. The van der Waals surface area contributed by atoms with Crippen molar-refractivity contribution in [2.24, 2.45) is 0 Å². The molecule has 1 amide bonds. The number of aromatic nitrogens is 1. The highest BCUT2D eigenvalue weighted by molar-refractivity contribution is 7.91. The molecular formula is C20H19ClN2O4S2. The number of sulfone groups is 1. The van der Waals surface area contributed by atoms with Gasteiger partial charge in [0.05, 0.1) is 41.5 Å². The summed E-state index contributed by atoms with van der Waals surface area (Å²) in [4.78, 5) is 19.2. The zero-order chi connectivity index (χ0) is 20.4. The van der Waals surface area contributed by atoms with Crippen molar-refractivity contribution < 1.29 is 17.6 Å². The molecule has 0 aliphatic carbocycles. The van der Waals surface area contributed by atoms with Crippen molar-refractivity contribution >= 4 is 38.7 Å². The van der Waals surface area contributed by atoms with Gasteiger partial charge in [0.1, 0.15) is 10.8 Å². The van der Waals surface area contributed by atoms with E-state index >= 15 is 0 Å². The van der Waals surface area contributed by atoms with E-state index in [-0.39, 0.29) is 36.4 Å². The van der Waals surface area contributed by atoms with Crippen LogP contribution in [0.15, 0.2) is 52.5 Å². The van der Waals surface area contributed by atoms with Crippen molar-refractivity contribution in [1.29, 1.82) is 0 Å². The lowest BCUT2D eigenvalue weighted by Crippen LogP contribution is -2.41. The maximum absolute atomic E-state index is 13.1. The number of hydrogen-bond acceptors (Lipinski definition) is 6. The Labute approximate surface area is 178 Å². The van der Waals surface area contributed by atoms with E-state index in [2.05, 4.69) is 4.98 Å². The van der Waals surface area contributed by atoms with E-state index in [0.717, 1.165) is 10.6 Å². The number of carbonyl (C=O) groups is 1. The van der Waals surface area contributed by atoms with E-state index in [1.165, 1.54) is 11.3 Å². The number of thiazole rings is 1. The minimum atomic E-state index is -3.12. The molecule has 0 spiro atoms. The quantitative estimate of drug-likeness (QED) is 0.570. The fraction of sp³-hybridized carbons (Fsp3) is 0.300. The van der Waals surface area contributed by atoms with Gasteiger partial charge >= 0.3 is 0 Å². The van der Waals surface area contributed by atoms with Gasteiger partial charge in [0.15, 0.2) is 9.84 Å². The van der Waals surface area contributed by atoms with Gasteiger partial charge < -0.3 is 9.32 Å². The smallest absolute Gasteiger partial charge is 0.229 e. The van der Waals surface area contributed by atoms with Crippen molar-refractivity contribution in [2.75, 3.05) is 11.5 Å². The van der Waals surface area contributed by atoms with Gasteiger partial charge in [-0.2, -0.15) is 0 Å². The van der Waals surface area contributed by atoms with Crippen molar-refractivity contribution in [2.45, 2.75) is 25.4 Å². The summed E-state index contributed by atoms with van der Waals surface area (Å²) >= 11 is 7.67. The van der Waals surface area contributed by atoms with Crippen LogP contribution in [0, 0.1) is 0 Å². The SMILES string of the molecule is O=C(Cc1csc(-c2ccccc2Cl)n1)N(Cc1ccco1)[C@@H]1CCS(=O)(=O)C1. The van der Waals surface area contributed by atoms with E-state index in [1.807, 2.05) is 23.6 Å². The average Bonchev–Trinajstić information content (AvgIpc) is 3.41. The molecule has 3 aromatic rings. The molecule has 0 bridgehead atoms.